The van der Waals surface area contributed by atoms with Crippen LogP contribution in [-0.4, -0.2) is 54.3 Å². The number of piperidine rings is 2. The minimum absolute atomic E-state index is 0.458. The third-order valence-electron chi connectivity index (χ3n) is 3.97. The fourth-order valence-electron chi connectivity index (χ4n) is 2.96. The molecule has 2 saturated heterocycles. The molecule has 0 atom stereocenters. The van der Waals surface area contributed by atoms with Gasteiger partial charge < -0.3 is 4.90 Å². The standard InChI is InChI=1S/C13H24N2O/c1-2-7-14-8-3-12(4-9-14)15-10-5-13(16)6-11-15/h12H,2-11H2,1H3. The maximum Gasteiger partial charge on any atom is 0.135 e. The molecule has 0 amide bonds. The summed E-state index contributed by atoms with van der Waals surface area (Å²) in [6.45, 7) is 8.04. The Morgan fingerprint density at radius 1 is 1.12 bits per heavy atom. The zero-order valence-electron chi connectivity index (χ0n) is 10.5. The molecule has 0 aliphatic carbocycles. The molecule has 2 fully saturated rings. The van der Waals surface area contributed by atoms with Gasteiger partial charge in [0.1, 0.15) is 5.78 Å². The number of ketones is 1. The minimum atomic E-state index is 0.458. The third-order valence-corrected chi connectivity index (χ3v) is 3.97. The van der Waals surface area contributed by atoms with Crippen molar-refractivity contribution in [2.24, 2.45) is 0 Å². The van der Waals surface area contributed by atoms with Crippen LogP contribution in [0.25, 0.3) is 0 Å². The number of hydrogen-bond acceptors (Lipinski definition) is 3. The van der Waals surface area contributed by atoms with Crippen molar-refractivity contribution in [1.82, 2.24) is 9.80 Å². The Labute approximate surface area is 98.8 Å². The van der Waals surface area contributed by atoms with Crippen LogP contribution in [0.4, 0.5) is 0 Å². The highest BCUT2D eigenvalue weighted by atomic mass is 16.1. The van der Waals surface area contributed by atoms with Crippen molar-refractivity contribution in [3.63, 3.8) is 0 Å². The first-order valence-corrected chi connectivity index (χ1v) is 6.77. The van der Waals surface area contributed by atoms with Crippen molar-refractivity contribution >= 4 is 5.78 Å². The molecule has 0 bridgehead atoms. The van der Waals surface area contributed by atoms with Crippen LogP contribution >= 0.6 is 0 Å². The summed E-state index contributed by atoms with van der Waals surface area (Å²) in [5.41, 5.74) is 0. The van der Waals surface area contributed by atoms with Gasteiger partial charge in [-0.2, -0.15) is 0 Å². The first-order chi connectivity index (χ1) is 7.79. The molecule has 3 nitrogen and oxygen atoms in total. The van der Waals surface area contributed by atoms with Gasteiger partial charge in [0, 0.05) is 32.0 Å². The van der Waals surface area contributed by atoms with Gasteiger partial charge in [-0.3, -0.25) is 9.69 Å². The van der Waals surface area contributed by atoms with E-state index in [4.69, 9.17) is 0 Å². The number of rotatable bonds is 3. The van der Waals surface area contributed by atoms with E-state index in [-0.39, 0.29) is 0 Å². The van der Waals surface area contributed by atoms with Crippen molar-refractivity contribution in [2.45, 2.75) is 45.1 Å². The molecule has 3 heteroatoms. The summed E-state index contributed by atoms with van der Waals surface area (Å²) in [7, 11) is 0. The predicted octanol–water partition coefficient (Wildman–Crippen LogP) is 1.53. The van der Waals surface area contributed by atoms with Crippen LogP contribution in [-0.2, 0) is 4.79 Å². The van der Waals surface area contributed by atoms with E-state index in [9.17, 15) is 4.79 Å². The number of likely N-dealkylation sites (tertiary alicyclic amines) is 2. The molecule has 2 rings (SSSR count). The largest absolute Gasteiger partial charge is 0.303 e. The molecule has 0 aromatic heterocycles. The van der Waals surface area contributed by atoms with Crippen LogP contribution in [0, 0.1) is 0 Å². The van der Waals surface area contributed by atoms with Gasteiger partial charge >= 0.3 is 0 Å². The van der Waals surface area contributed by atoms with E-state index < -0.39 is 0 Å². The average molecular weight is 224 g/mol. The van der Waals surface area contributed by atoms with Gasteiger partial charge in [-0.15, -0.1) is 0 Å². The van der Waals surface area contributed by atoms with Crippen LogP contribution in [0.1, 0.15) is 39.0 Å². The smallest absolute Gasteiger partial charge is 0.135 e. The van der Waals surface area contributed by atoms with Crippen LogP contribution in [0.5, 0.6) is 0 Å². The number of hydrogen-bond donors (Lipinski definition) is 0. The second-order valence-electron chi connectivity index (χ2n) is 5.15. The lowest BCUT2D eigenvalue weighted by molar-refractivity contribution is -0.122. The Bertz CT molecular complexity index is 224. The van der Waals surface area contributed by atoms with Gasteiger partial charge in [0.25, 0.3) is 0 Å². The molecule has 0 saturated carbocycles. The monoisotopic (exact) mass is 224 g/mol. The van der Waals surface area contributed by atoms with Crippen molar-refractivity contribution in [3.05, 3.63) is 0 Å². The van der Waals surface area contributed by atoms with Gasteiger partial charge in [0.15, 0.2) is 0 Å². The van der Waals surface area contributed by atoms with Gasteiger partial charge in [-0.05, 0) is 38.9 Å². The van der Waals surface area contributed by atoms with E-state index in [1.807, 2.05) is 0 Å². The first kappa shape index (κ1) is 12.1. The summed E-state index contributed by atoms with van der Waals surface area (Å²) < 4.78 is 0. The lowest BCUT2D eigenvalue weighted by Crippen LogP contribution is -2.47. The molecule has 0 aromatic rings. The number of carbonyl (C=O) groups excluding carboxylic acids is 1. The lowest BCUT2D eigenvalue weighted by Gasteiger charge is -2.39. The van der Waals surface area contributed by atoms with E-state index in [0.717, 1.165) is 32.0 Å². The maximum absolute atomic E-state index is 11.2. The van der Waals surface area contributed by atoms with Crippen LogP contribution in [0.3, 0.4) is 0 Å². The van der Waals surface area contributed by atoms with Crippen molar-refractivity contribution in [1.29, 1.82) is 0 Å². The van der Waals surface area contributed by atoms with E-state index >= 15 is 0 Å². The van der Waals surface area contributed by atoms with Gasteiger partial charge in [0.2, 0.25) is 0 Å². The molecule has 0 spiro atoms. The van der Waals surface area contributed by atoms with Crippen molar-refractivity contribution < 1.29 is 4.79 Å². The Hall–Kier alpha value is -0.410. The molecule has 2 aliphatic rings. The van der Waals surface area contributed by atoms with E-state index in [0.29, 0.717) is 5.78 Å². The summed E-state index contributed by atoms with van der Waals surface area (Å²) in [6.07, 6.45) is 5.44. The fraction of sp³-hybridized carbons (Fsp3) is 0.923. The molecule has 2 heterocycles. The molecular weight excluding hydrogens is 200 g/mol. The highest BCUT2D eigenvalue weighted by molar-refractivity contribution is 5.79. The molecule has 0 aromatic carbocycles. The minimum Gasteiger partial charge on any atom is -0.303 e. The van der Waals surface area contributed by atoms with Crippen LogP contribution in [0.2, 0.25) is 0 Å². The van der Waals surface area contributed by atoms with E-state index in [1.165, 1.54) is 38.9 Å². The normalized spacial score (nSPS) is 26.2. The highest BCUT2D eigenvalue weighted by Gasteiger charge is 2.26. The summed E-state index contributed by atoms with van der Waals surface area (Å²) in [5.74, 6) is 0.458. The maximum atomic E-state index is 11.2. The van der Waals surface area contributed by atoms with E-state index in [1.54, 1.807) is 0 Å². The van der Waals surface area contributed by atoms with Crippen molar-refractivity contribution in [2.75, 3.05) is 32.7 Å². The van der Waals surface area contributed by atoms with Gasteiger partial charge in [-0.1, -0.05) is 6.92 Å². The second-order valence-corrected chi connectivity index (χ2v) is 5.15. The summed E-state index contributed by atoms with van der Waals surface area (Å²) in [4.78, 5) is 16.3. The number of Topliss-reactive ketones (excluding diaryl/α,β-unsaturated/α-hetero) is 1. The zero-order valence-corrected chi connectivity index (χ0v) is 10.5. The molecule has 2 aliphatic heterocycles. The van der Waals surface area contributed by atoms with E-state index in [2.05, 4.69) is 16.7 Å². The highest BCUT2D eigenvalue weighted by Crippen LogP contribution is 2.19. The van der Waals surface area contributed by atoms with Crippen LogP contribution in [0.15, 0.2) is 0 Å². The molecule has 92 valence electrons. The Morgan fingerprint density at radius 2 is 1.75 bits per heavy atom. The lowest BCUT2D eigenvalue weighted by atomic mass is 9.99. The predicted molar refractivity (Wildman–Crippen MR) is 65.6 cm³/mol. The molecule has 0 N–H and O–H groups in total. The first-order valence-electron chi connectivity index (χ1n) is 6.77. The zero-order chi connectivity index (χ0) is 11.4. The molecular formula is C13H24N2O. The Kier molecular flexibility index (Phi) is 4.36. The quantitative estimate of drug-likeness (QED) is 0.726. The molecule has 16 heavy (non-hydrogen) atoms. The third kappa shape index (κ3) is 3.05. The number of nitrogens with zero attached hydrogens (tertiary/aromatic N) is 2. The molecule has 0 unspecified atom stereocenters. The average Bonchev–Trinajstić information content (AvgIpc) is 2.32. The summed E-state index contributed by atoms with van der Waals surface area (Å²) >= 11 is 0. The molecule has 0 radical (unpaired) electrons. The summed E-state index contributed by atoms with van der Waals surface area (Å²) in [6, 6.07) is 0.751. The van der Waals surface area contributed by atoms with Gasteiger partial charge in [-0.25, -0.2) is 0 Å². The SMILES string of the molecule is CCCN1CCC(N2CCC(=O)CC2)CC1. The van der Waals surface area contributed by atoms with Crippen molar-refractivity contribution in [3.8, 4) is 0 Å². The van der Waals surface area contributed by atoms with Crippen LogP contribution < -0.4 is 0 Å². The fourth-order valence-corrected chi connectivity index (χ4v) is 2.96. The number of carbonyl (C=O) groups is 1. The summed E-state index contributed by atoms with van der Waals surface area (Å²) in [5, 5.41) is 0. The topological polar surface area (TPSA) is 23.6 Å². The van der Waals surface area contributed by atoms with Gasteiger partial charge in [0.05, 0.1) is 0 Å². The Balaban J connectivity index is 1.74. The second kappa shape index (κ2) is 5.78. The Morgan fingerprint density at radius 3 is 2.31 bits per heavy atom.